The smallest absolute Gasteiger partial charge is 0.410 e. The van der Waals surface area contributed by atoms with Crippen LogP contribution >= 0.6 is 15.9 Å². The molecule has 0 aromatic heterocycles. The monoisotopic (exact) mass is 393 g/mol. The van der Waals surface area contributed by atoms with Crippen molar-refractivity contribution in [1.29, 1.82) is 5.26 Å². The van der Waals surface area contributed by atoms with Crippen LogP contribution in [0.25, 0.3) is 0 Å². The lowest BCUT2D eigenvalue weighted by atomic mass is 10.1. The second-order valence-electron chi connectivity index (χ2n) is 7.20. The van der Waals surface area contributed by atoms with Crippen molar-refractivity contribution >= 4 is 27.7 Å². The molecule has 0 aliphatic carbocycles. The molecule has 1 amide bonds. The number of hydrogen-bond donors (Lipinski definition) is 0. The van der Waals surface area contributed by atoms with Gasteiger partial charge in [0.2, 0.25) is 0 Å². The van der Waals surface area contributed by atoms with Crippen LogP contribution in [0.15, 0.2) is 16.6 Å². The van der Waals surface area contributed by atoms with Gasteiger partial charge in [-0.3, -0.25) is 0 Å². The molecule has 0 N–H and O–H groups in total. The average Bonchev–Trinajstić information content (AvgIpc) is 2.47. The van der Waals surface area contributed by atoms with Crippen LogP contribution in [0.4, 0.5) is 10.5 Å². The van der Waals surface area contributed by atoms with Crippen LogP contribution in [0.1, 0.15) is 38.8 Å². The van der Waals surface area contributed by atoms with E-state index < -0.39 is 5.60 Å². The Balaban J connectivity index is 2.13. The van der Waals surface area contributed by atoms with Crippen LogP contribution in [-0.4, -0.2) is 42.3 Å². The molecule has 5 nitrogen and oxygen atoms in total. The van der Waals surface area contributed by atoms with Crippen molar-refractivity contribution < 1.29 is 9.53 Å². The highest BCUT2D eigenvalue weighted by atomic mass is 79.9. The number of benzene rings is 1. The molecule has 130 valence electrons. The maximum absolute atomic E-state index is 12.3. The first kappa shape index (κ1) is 18.6. The van der Waals surface area contributed by atoms with Crippen molar-refractivity contribution in [1.82, 2.24) is 4.90 Å². The molecule has 1 atom stereocenters. The van der Waals surface area contributed by atoms with E-state index in [4.69, 9.17) is 10.00 Å². The summed E-state index contributed by atoms with van der Waals surface area (Å²) in [5.41, 5.74) is 2.31. The van der Waals surface area contributed by atoms with E-state index in [-0.39, 0.29) is 12.1 Å². The lowest BCUT2D eigenvalue weighted by Crippen LogP contribution is -2.55. The van der Waals surface area contributed by atoms with Crippen molar-refractivity contribution in [2.24, 2.45) is 0 Å². The van der Waals surface area contributed by atoms with E-state index in [1.165, 1.54) is 0 Å². The molecule has 6 heteroatoms. The Morgan fingerprint density at radius 2 is 2.04 bits per heavy atom. The maximum Gasteiger partial charge on any atom is 0.410 e. The summed E-state index contributed by atoms with van der Waals surface area (Å²) in [6, 6.07) is 6.12. The molecule has 0 radical (unpaired) electrons. The summed E-state index contributed by atoms with van der Waals surface area (Å²) in [4.78, 5) is 16.4. The molecular weight excluding hydrogens is 370 g/mol. The Bertz CT molecular complexity index is 676. The van der Waals surface area contributed by atoms with Gasteiger partial charge in [-0.1, -0.05) is 0 Å². The molecule has 1 heterocycles. The minimum absolute atomic E-state index is 0.0578. The highest BCUT2D eigenvalue weighted by molar-refractivity contribution is 9.10. The Hall–Kier alpha value is -1.74. The Morgan fingerprint density at radius 1 is 1.38 bits per heavy atom. The van der Waals surface area contributed by atoms with Gasteiger partial charge in [-0.15, -0.1) is 0 Å². The molecule has 1 aliphatic rings. The van der Waals surface area contributed by atoms with E-state index in [9.17, 15) is 4.79 Å². The Labute approximate surface area is 152 Å². The molecule has 24 heavy (non-hydrogen) atoms. The zero-order valence-electron chi connectivity index (χ0n) is 14.9. The molecule has 0 bridgehead atoms. The summed E-state index contributed by atoms with van der Waals surface area (Å²) in [5.74, 6) is 0. The molecule has 1 fully saturated rings. The van der Waals surface area contributed by atoms with Crippen molar-refractivity contribution in [2.75, 3.05) is 24.5 Å². The predicted molar refractivity (Wildman–Crippen MR) is 98.2 cm³/mol. The molecule has 1 aliphatic heterocycles. The highest BCUT2D eigenvalue weighted by Crippen LogP contribution is 2.29. The standard InChI is InChI=1S/C18H24BrN3O2/c1-12-8-14(10-20)15(19)9-16(12)21-6-7-22(13(2)11-21)17(23)24-18(3,4)5/h8-9,13H,6-7,11H2,1-5H3/t13-/m1/s1. The number of anilines is 1. The number of aryl methyl sites for hydroxylation is 1. The maximum atomic E-state index is 12.3. The lowest BCUT2D eigenvalue weighted by molar-refractivity contribution is 0.0159. The average molecular weight is 394 g/mol. The quantitative estimate of drug-likeness (QED) is 0.721. The topological polar surface area (TPSA) is 56.6 Å². The van der Waals surface area contributed by atoms with Crippen LogP contribution in [0.3, 0.4) is 0 Å². The first-order valence-corrected chi connectivity index (χ1v) is 8.86. The number of rotatable bonds is 1. The molecule has 1 aromatic carbocycles. The minimum atomic E-state index is -0.484. The van der Waals surface area contributed by atoms with Crippen molar-refractivity contribution in [2.45, 2.75) is 46.3 Å². The third-order valence-electron chi connectivity index (χ3n) is 4.00. The van der Waals surface area contributed by atoms with Crippen LogP contribution in [0.5, 0.6) is 0 Å². The van der Waals surface area contributed by atoms with Gasteiger partial charge in [0.05, 0.1) is 5.56 Å². The molecule has 1 aromatic rings. The number of piperazine rings is 1. The molecule has 1 saturated heterocycles. The van der Waals surface area contributed by atoms with Crippen molar-refractivity contribution in [3.8, 4) is 6.07 Å². The van der Waals surface area contributed by atoms with E-state index in [1.54, 1.807) is 4.90 Å². The summed E-state index contributed by atoms with van der Waals surface area (Å²) in [5, 5.41) is 9.12. The van der Waals surface area contributed by atoms with E-state index in [0.29, 0.717) is 12.1 Å². The van der Waals surface area contributed by atoms with Gasteiger partial charge in [0.1, 0.15) is 11.7 Å². The van der Waals surface area contributed by atoms with Gasteiger partial charge in [-0.25, -0.2) is 4.79 Å². The third-order valence-corrected chi connectivity index (χ3v) is 4.66. The fourth-order valence-corrected chi connectivity index (χ4v) is 3.29. The largest absolute Gasteiger partial charge is 0.444 e. The van der Waals surface area contributed by atoms with Gasteiger partial charge in [-0.2, -0.15) is 5.26 Å². The molecule has 0 unspecified atom stereocenters. The van der Waals surface area contributed by atoms with Gasteiger partial charge in [0.25, 0.3) is 0 Å². The van der Waals surface area contributed by atoms with Gasteiger partial charge < -0.3 is 14.5 Å². The zero-order valence-corrected chi connectivity index (χ0v) is 16.5. The van der Waals surface area contributed by atoms with E-state index >= 15 is 0 Å². The van der Waals surface area contributed by atoms with Gasteiger partial charge in [0, 0.05) is 35.8 Å². The fraction of sp³-hybridized carbons (Fsp3) is 0.556. The molecule has 0 spiro atoms. The third kappa shape index (κ3) is 4.21. The lowest BCUT2D eigenvalue weighted by Gasteiger charge is -2.41. The Kier molecular flexibility index (Phi) is 5.44. The number of carbonyl (C=O) groups excluding carboxylic acids is 1. The van der Waals surface area contributed by atoms with Gasteiger partial charge in [-0.05, 0) is 68.2 Å². The molecular formula is C18H24BrN3O2. The van der Waals surface area contributed by atoms with Crippen LogP contribution in [0.2, 0.25) is 0 Å². The minimum Gasteiger partial charge on any atom is -0.444 e. The normalized spacial score (nSPS) is 18.3. The number of ether oxygens (including phenoxy) is 1. The van der Waals surface area contributed by atoms with Gasteiger partial charge in [0.15, 0.2) is 0 Å². The fourth-order valence-electron chi connectivity index (χ4n) is 2.87. The predicted octanol–water partition coefficient (Wildman–Crippen LogP) is 4.07. The summed E-state index contributed by atoms with van der Waals surface area (Å²) in [6.07, 6.45) is -0.257. The summed E-state index contributed by atoms with van der Waals surface area (Å²) >= 11 is 3.46. The number of amides is 1. The highest BCUT2D eigenvalue weighted by Gasteiger charge is 2.31. The first-order valence-electron chi connectivity index (χ1n) is 8.07. The van der Waals surface area contributed by atoms with E-state index in [0.717, 1.165) is 28.8 Å². The number of nitriles is 1. The van der Waals surface area contributed by atoms with Crippen LogP contribution in [0, 0.1) is 18.3 Å². The second kappa shape index (κ2) is 7.02. The first-order chi connectivity index (χ1) is 11.1. The summed E-state index contributed by atoms with van der Waals surface area (Å²) in [7, 11) is 0. The number of carbonyl (C=O) groups is 1. The zero-order chi connectivity index (χ0) is 18.1. The van der Waals surface area contributed by atoms with Crippen LogP contribution < -0.4 is 4.90 Å². The SMILES string of the molecule is Cc1cc(C#N)c(Br)cc1N1CCN(C(=O)OC(C)(C)C)[C@H](C)C1. The van der Waals surface area contributed by atoms with E-state index in [2.05, 4.69) is 26.9 Å². The van der Waals surface area contributed by atoms with E-state index in [1.807, 2.05) is 46.8 Å². The number of nitrogens with zero attached hydrogens (tertiary/aromatic N) is 3. The molecule has 2 rings (SSSR count). The number of halogens is 1. The summed E-state index contributed by atoms with van der Waals surface area (Å²) < 4.78 is 6.29. The van der Waals surface area contributed by atoms with Crippen molar-refractivity contribution in [3.63, 3.8) is 0 Å². The summed E-state index contributed by atoms with van der Waals surface area (Å²) in [6.45, 7) is 11.8. The van der Waals surface area contributed by atoms with Crippen molar-refractivity contribution in [3.05, 3.63) is 27.7 Å². The second-order valence-corrected chi connectivity index (χ2v) is 8.05. The molecule has 0 saturated carbocycles. The number of hydrogen-bond acceptors (Lipinski definition) is 4. The van der Waals surface area contributed by atoms with Crippen LogP contribution in [-0.2, 0) is 4.74 Å². The van der Waals surface area contributed by atoms with Gasteiger partial charge >= 0.3 is 6.09 Å². The Morgan fingerprint density at radius 3 is 2.58 bits per heavy atom.